The summed E-state index contributed by atoms with van der Waals surface area (Å²) < 4.78 is 0. The van der Waals surface area contributed by atoms with Crippen molar-refractivity contribution in [2.24, 2.45) is 10.2 Å². The van der Waals surface area contributed by atoms with Crippen molar-refractivity contribution in [2.75, 3.05) is 0 Å². The zero-order valence-corrected chi connectivity index (χ0v) is 9.09. The van der Waals surface area contributed by atoms with Crippen LogP contribution >= 0.6 is 0 Å². The van der Waals surface area contributed by atoms with Gasteiger partial charge in [-0.3, -0.25) is 10.1 Å². The van der Waals surface area contributed by atoms with Crippen molar-refractivity contribution in [3.63, 3.8) is 0 Å². The molecule has 0 radical (unpaired) electrons. The fourth-order valence-corrected chi connectivity index (χ4v) is 1.25. The highest BCUT2D eigenvalue weighted by Crippen LogP contribution is 2.27. The van der Waals surface area contributed by atoms with Crippen LogP contribution in [0.4, 0.5) is 17.2 Å². The van der Waals surface area contributed by atoms with Gasteiger partial charge in [0.05, 0.1) is 11.1 Å². The normalized spacial score (nSPS) is 10.7. The molecule has 1 aromatic carbocycles. The highest BCUT2D eigenvalue weighted by Gasteiger charge is 2.11. The van der Waals surface area contributed by atoms with Crippen molar-refractivity contribution in [1.82, 2.24) is 4.98 Å². The Bertz CT molecular complexity index is 595. The van der Waals surface area contributed by atoms with E-state index in [1.165, 1.54) is 30.5 Å². The van der Waals surface area contributed by atoms with E-state index in [0.717, 1.165) is 0 Å². The first-order chi connectivity index (χ1) is 8.66. The molecule has 2 aromatic rings. The van der Waals surface area contributed by atoms with E-state index in [1.807, 2.05) is 0 Å². The Kier molecular flexibility index (Phi) is 3.24. The predicted molar refractivity (Wildman–Crippen MR) is 63.2 cm³/mol. The van der Waals surface area contributed by atoms with Crippen LogP contribution in [0, 0.1) is 10.1 Å². The number of rotatable bonds is 3. The van der Waals surface area contributed by atoms with Gasteiger partial charge in [0.25, 0.3) is 5.69 Å². The van der Waals surface area contributed by atoms with Crippen LogP contribution in [0.1, 0.15) is 0 Å². The number of aromatic hydroxyl groups is 1. The summed E-state index contributed by atoms with van der Waals surface area (Å²) >= 11 is 0. The average molecular weight is 244 g/mol. The van der Waals surface area contributed by atoms with E-state index >= 15 is 0 Å². The van der Waals surface area contributed by atoms with E-state index in [4.69, 9.17) is 5.11 Å². The standard InChI is InChI=1S/C11H8N4O3/c16-8-5-6-11(12-7-8)14-13-9-3-1-2-4-10(9)15(17)18/h1-7,16H. The Morgan fingerprint density at radius 3 is 2.61 bits per heavy atom. The Morgan fingerprint density at radius 1 is 1.17 bits per heavy atom. The van der Waals surface area contributed by atoms with Crippen LogP contribution in [-0.2, 0) is 0 Å². The molecule has 0 amide bonds. The van der Waals surface area contributed by atoms with Crippen LogP contribution in [0.3, 0.4) is 0 Å². The van der Waals surface area contributed by atoms with Gasteiger partial charge in [-0.1, -0.05) is 12.1 Å². The summed E-state index contributed by atoms with van der Waals surface area (Å²) in [7, 11) is 0. The zero-order valence-electron chi connectivity index (χ0n) is 9.09. The maximum absolute atomic E-state index is 10.7. The third kappa shape index (κ3) is 2.64. The summed E-state index contributed by atoms with van der Waals surface area (Å²) in [5.74, 6) is 0.269. The number of nitro benzene ring substituents is 1. The first kappa shape index (κ1) is 11.6. The Hall–Kier alpha value is -2.83. The van der Waals surface area contributed by atoms with E-state index < -0.39 is 4.92 Å². The van der Waals surface area contributed by atoms with Gasteiger partial charge in [0, 0.05) is 6.07 Å². The van der Waals surface area contributed by atoms with Gasteiger partial charge in [-0.25, -0.2) is 4.98 Å². The largest absolute Gasteiger partial charge is 0.506 e. The lowest BCUT2D eigenvalue weighted by molar-refractivity contribution is -0.384. The number of hydrogen-bond acceptors (Lipinski definition) is 6. The van der Waals surface area contributed by atoms with Gasteiger partial charge in [0.2, 0.25) is 0 Å². The number of pyridine rings is 1. The van der Waals surface area contributed by atoms with E-state index in [9.17, 15) is 10.1 Å². The molecule has 7 heteroatoms. The molecule has 0 saturated heterocycles. The van der Waals surface area contributed by atoms with Gasteiger partial charge in [-0.15, -0.1) is 10.2 Å². The number of nitrogens with zero attached hydrogens (tertiary/aromatic N) is 4. The minimum atomic E-state index is -0.529. The maximum atomic E-state index is 10.7. The molecule has 18 heavy (non-hydrogen) atoms. The smallest absolute Gasteiger partial charge is 0.296 e. The van der Waals surface area contributed by atoms with Gasteiger partial charge in [-0.05, 0) is 18.2 Å². The van der Waals surface area contributed by atoms with Gasteiger partial charge in [0.15, 0.2) is 11.5 Å². The molecule has 0 aliphatic rings. The minimum absolute atomic E-state index is 0.0136. The van der Waals surface area contributed by atoms with Crippen LogP contribution in [0.5, 0.6) is 5.75 Å². The molecule has 7 nitrogen and oxygen atoms in total. The Balaban J connectivity index is 2.29. The number of aromatic nitrogens is 1. The van der Waals surface area contributed by atoms with Crippen LogP contribution in [-0.4, -0.2) is 15.0 Å². The van der Waals surface area contributed by atoms with Gasteiger partial charge in [-0.2, -0.15) is 0 Å². The summed E-state index contributed by atoms with van der Waals surface area (Å²) in [4.78, 5) is 14.0. The van der Waals surface area contributed by atoms with Crippen molar-refractivity contribution in [1.29, 1.82) is 0 Å². The number of para-hydroxylation sites is 1. The summed E-state index contributed by atoms with van der Waals surface area (Å²) in [6.45, 7) is 0. The van der Waals surface area contributed by atoms with E-state index in [1.54, 1.807) is 12.1 Å². The zero-order chi connectivity index (χ0) is 13.0. The molecule has 90 valence electrons. The lowest BCUT2D eigenvalue weighted by Crippen LogP contribution is -1.87. The lowest BCUT2D eigenvalue weighted by atomic mass is 10.3. The summed E-state index contributed by atoms with van der Waals surface area (Å²) in [5.41, 5.74) is 0.0254. The number of hydrogen-bond donors (Lipinski definition) is 1. The molecule has 1 heterocycles. The van der Waals surface area contributed by atoms with Gasteiger partial charge >= 0.3 is 0 Å². The molecule has 0 aliphatic heterocycles. The van der Waals surface area contributed by atoms with E-state index in [-0.39, 0.29) is 22.9 Å². The quantitative estimate of drug-likeness (QED) is 0.509. The fourth-order valence-electron chi connectivity index (χ4n) is 1.25. The summed E-state index contributed by atoms with van der Waals surface area (Å²) in [5, 5.41) is 27.3. The second-order valence-electron chi connectivity index (χ2n) is 3.32. The molecular formula is C11H8N4O3. The second kappa shape index (κ2) is 5.00. The predicted octanol–water partition coefficient (Wildman–Crippen LogP) is 3.11. The van der Waals surface area contributed by atoms with E-state index in [0.29, 0.717) is 0 Å². The van der Waals surface area contributed by atoms with Crippen LogP contribution in [0.2, 0.25) is 0 Å². The Morgan fingerprint density at radius 2 is 1.94 bits per heavy atom. The third-order valence-corrected chi connectivity index (χ3v) is 2.07. The minimum Gasteiger partial charge on any atom is -0.506 e. The van der Waals surface area contributed by atoms with Crippen molar-refractivity contribution in [3.8, 4) is 5.75 Å². The highest BCUT2D eigenvalue weighted by atomic mass is 16.6. The molecule has 0 bridgehead atoms. The van der Waals surface area contributed by atoms with Crippen LogP contribution < -0.4 is 0 Å². The topological polar surface area (TPSA) is 101 Å². The Labute approximate surface area is 102 Å². The summed E-state index contributed by atoms with van der Waals surface area (Å²) in [6.07, 6.45) is 1.22. The molecule has 0 aliphatic carbocycles. The first-order valence-corrected chi connectivity index (χ1v) is 4.97. The monoisotopic (exact) mass is 244 g/mol. The van der Waals surface area contributed by atoms with Crippen molar-refractivity contribution in [3.05, 3.63) is 52.7 Å². The highest BCUT2D eigenvalue weighted by molar-refractivity contribution is 5.56. The molecule has 0 spiro atoms. The number of nitro groups is 1. The number of benzene rings is 1. The van der Waals surface area contributed by atoms with E-state index in [2.05, 4.69) is 15.2 Å². The van der Waals surface area contributed by atoms with Gasteiger partial charge < -0.3 is 5.11 Å². The average Bonchev–Trinajstić information content (AvgIpc) is 2.38. The van der Waals surface area contributed by atoms with Crippen LogP contribution in [0.15, 0.2) is 52.8 Å². The lowest BCUT2D eigenvalue weighted by Gasteiger charge is -1.95. The molecule has 1 aromatic heterocycles. The second-order valence-corrected chi connectivity index (χ2v) is 3.32. The van der Waals surface area contributed by atoms with Crippen molar-refractivity contribution in [2.45, 2.75) is 0 Å². The van der Waals surface area contributed by atoms with Crippen LogP contribution in [0.25, 0.3) is 0 Å². The fraction of sp³-hybridized carbons (Fsp3) is 0. The molecule has 2 rings (SSSR count). The third-order valence-electron chi connectivity index (χ3n) is 2.07. The molecule has 0 atom stereocenters. The molecule has 0 unspecified atom stereocenters. The molecule has 0 fully saturated rings. The number of azo groups is 1. The van der Waals surface area contributed by atoms with Gasteiger partial charge in [0.1, 0.15) is 5.75 Å². The maximum Gasteiger partial charge on any atom is 0.296 e. The molecule has 1 N–H and O–H groups in total. The molecular weight excluding hydrogens is 236 g/mol. The molecule has 0 saturated carbocycles. The summed E-state index contributed by atoms with van der Waals surface area (Å²) in [6, 6.07) is 8.87. The first-order valence-electron chi connectivity index (χ1n) is 4.97. The SMILES string of the molecule is O=[N+]([O-])c1ccccc1N=Nc1ccc(O)cn1. The van der Waals surface area contributed by atoms with Crippen molar-refractivity contribution < 1.29 is 10.0 Å². The van der Waals surface area contributed by atoms with Crippen molar-refractivity contribution >= 4 is 17.2 Å².